The molecule has 2 amide bonds. The zero-order valence-electron chi connectivity index (χ0n) is 19.1. The van der Waals surface area contributed by atoms with Gasteiger partial charge < -0.3 is 20.1 Å². The largest absolute Gasteiger partial charge is 0.480 e. The number of likely N-dealkylation sites (N-methyl/N-ethyl adjacent to an activating group) is 1. The Labute approximate surface area is 201 Å². The second-order valence-electron chi connectivity index (χ2n) is 8.12. The molecule has 1 aromatic heterocycles. The van der Waals surface area contributed by atoms with Gasteiger partial charge in [0, 0.05) is 17.8 Å². The summed E-state index contributed by atoms with van der Waals surface area (Å²) in [5, 5.41) is 12.4. The first-order chi connectivity index (χ1) is 16.3. The van der Waals surface area contributed by atoms with Gasteiger partial charge in [-0.1, -0.05) is 48.5 Å². The Hall–Kier alpha value is -3.72. The van der Waals surface area contributed by atoms with E-state index in [4.69, 9.17) is 9.84 Å². The summed E-state index contributed by atoms with van der Waals surface area (Å²) in [6.45, 7) is 3.48. The number of ether oxygens (including phenoxy) is 1. The number of carbonyl (C=O) groups is 3. The van der Waals surface area contributed by atoms with Gasteiger partial charge in [0.1, 0.15) is 23.4 Å². The number of hydrogen-bond donors (Lipinski definition) is 2. The second-order valence-corrected chi connectivity index (χ2v) is 9.41. The highest BCUT2D eigenvalue weighted by Crippen LogP contribution is 2.44. The average Bonchev–Trinajstić information content (AvgIpc) is 3.37. The van der Waals surface area contributed by atoms with E-state index in [1.165, 1.54) is 25.3 Å². The molecule has 2 aromatic carbocycles. The molecule has 1 unspecified atom stereocenters. The van der Waals surface area contributed by atoms with E-state index in [0.29, 0.717) is 9.88 Å². The molecule has 3 aromatic rings. The minimum absolute atomic E-state index is 0.0313. The van der Waals surface area contributed by atoms with Gasteiger partial charge in [0.25, 0.3) is 5.91 Å². The predicted octanol–water partition coefficient (Wildman–Crippen LogP) is 4.04. The Morgan fingerprint density at radius 1 is 1.12 bits per heavy atom. The van der Waals surface area contributed by atoms with Gasteiger partial charge in [-0.25, -0.2) is 14.6 Å². The summed E-state index contributed by atoms with van der Waals surface area (Å²) in [6.07, 6.45) is -0.570. The SMILES string of the molecule is Cc1sc(CNC(=O)OCC2c3ccccc3-c3ccccc32)nc1C(=O)N(C)C(C)C(=O)O. The fraction of sp³-hybridized carbons (Fsp3) is 0.280. The number of benzene rings is 2. The molecule has 9 heteroatoms. The number of aromatic nitrogens is 1. The van der Waals surface area contributed by atoms with Crippen LogP contribution in [0.15, 0.2) is 48.5 Å². The number of nitrogens with zero attached hydrogens (tertiary/aromatic N) is 2. The molecular formula is C25H25N3O5S. The van der Waals surface area contributed by atoms with Gasteiger partial charge in [-0.05, 0) is 36.1 Å². The molecular weight excluding hydrogens is 454 g/mol. The van der Waals surface area contributed by atoms with Crippen LogP contribution in [0, 0.1) is 6.92 Å². The van der Waals surface area contributed by atoms with Gasteiger partial charge in [0.2, 0.25) is 0 Å². The predicted molar refractivity (Wildman–Crippen MR) is 128 cm³/mol. The molecule has 0 aliphatic heterocycles. The third-order valence-corrected chi connectivity index (χ3v) is 7.00. The number of carboxylic acid groups (broad SMARTS) is 1. The van der Waals surface area contributed by atoms with Crippen LogP contribution in [0.2, 0.25) is 0 Å². The number of thiazole rings is 1. The molecule has 0 saturated carbocycles. The summed E-state index contributed by atoms with van der Waals surface area (Å²) < 4.78 is 5.53. The number of amides is 2. The van der Waals surface area contributed by atoms with E-state index < -0.39 is 24.0 Å². The van der Waals surface area contributed by atoms with E-state index in [1.807, 2.05) is 24.3 Å². The lowest BCUT2D eigenvalue weighted by atomic mass is 9.98. The summed E-state index contributed by atoms with van der Waals surface area (Å²) in [6, 6.07) is 15.3. The van der Waals surface area contributed by atoms with Crippen LogP contribution in [0.1, 0.15) is 44.3 Å². The van der Waals surface area contributed by atoms with E-state index in [9.17, 15) is 14.4 Å². The van der Waals surface area contributed by atoms with Gasteiger partial charge >= 0.3 is 12.1 Å². The molecule has 0 fully saturated rings. The average molecular weight is 480 g/mol. The van der Waals surface area contributed by atoms with Crippen LogP contribution >= 0.6 is 11.3 Å². The lowest BCUT2D eigenvalue weighted by Crippen LogP contribution is -2.40. The van der Waals surface area contributed by atoms with Crippen LogP contribution in [-0.2, 0) is 16.1 Å². The molecule has 176 valence electrons. The van der Waals surface area contributed by atoms with Gasteiger partial charge in [0.15, 0.2) is 0 Å². The summed E-state index contributed by atoms with van der Waals surface area (Å²) >= 11 is 1.27. The van der Waals surface area contributed by atoms with Crippen molar-refractivity contribution in [2.75, 3.05) is 13.7 Å². The molecule has 0 saturated heterocycles. The number of hydrogen-bond acceptors (Lipinski definition) is 6. The number of alkyl carbamates (subject to hydrolysis) is 1. The fourth-order valence-electron chi connectivity index (χ4n) is 4.03. The maximum atomic E-state index is 12.6. The molecule has 4 rings (SSSR count). The third kappa shape index (κ3) is 4.51. The minimum Gasteiger partial charge on any atom is -0.480 e. The Balaban J connectivity index is 1.36. The lowest BCUT2D eigenvalue weighted by Gasteiger charge is -2.20. The third-order valence-electron chi connectivity index (χ3n) is 6.03. The van der Waals surface area contributed by atoms with Crippen LogP contribution in [0.5, 0.6) is 0 Å². The van der Waals surface area contributed by atoms with E-state index >= 15 is 0 Å². The number of fused-ring (bicyclic) bond motifs is 3. The maximum absolute atomic E-state index is 12.6. The van der Waals surface area contributed by atoms with Crippen molar-refractivity contribution in [3.63, 3.8) is 0 Å². The first-order valence-electron chi connectivity index (χ1n) is 10.8. The molecule has 0 spiro atoms. The van der Waals surface area contributed by atoms with Gasteiger partial charge in [-0.2, -0.15) is 0 Å². The van der Waals surface area contributed by atoms with E-state index in [2.05, 4.69) is 34.6 Å². The van der Waals surface area contributed by atoms with Crippen molar-refractivity contribution in [3.8, 4) is 11.1 Å². The van der Waals surface area contributed by atoms with Crippen molar-refractivity contribution in [1.82, 2.24) is 15.2 Å². The molecule has 0 radical (unpaired) electrons. The molecule has 1 aliphatic rings. The summed E-state index contributed by atoms with van der Waals surface area (Å²) in [5.41, 5.74) is 4.77. The van der Waals surface area contributed by atoms with Crippen LogP contribution in [0.25, 0.3) is 11.1 Å². The first kappa shape index (κ1) is 23.4. The second kappa shape index (κ2) is 9.64. The van der Waals surface area contributed by atoms with Crippen molar-refractivity contribution < 1.29 is 24.2 Å². The Morgan fingerprint density at radius 3 is 2.29 bits per heavy atom. The van der Waals surface area contributed by atoms with Gasteiger partial charge in [-0.3, -0.25) is 4.79 Å². The monoisotopic (exact) mass is 479 g/mol. The van der Waals surface area contributed by atoms with E-state index in [0.717, 1.165) is 27.2 Å². The number of carbonyl (C=O) groups excluding carboxylic acids is 2. The molecule has 1 atom stereocenters. The number of aryl methyl sites for hydroxylation is 1. The van der Waals surface area contributed by atoms with E-state index in [1.54, 1.807) is 6.92 Å². The molecule has 1 aliphatic carbocycles. The summed E-state index contributed by atoms with van der Waals surface area (Å²) in [7, 11) is 1.43. The van der Waals surface area contributed by atoms with Crippen molar-refractivity contribution in [2.45, 2.75) is 32.4 Å². The van der Waals surface area contributed by atoms with Crippen molar-refractivity contribution in [2.24, 2.45) is 0 Å². The summed E-state index contributed by atoms with van der Waals surface area (Å²) in [4.78, 5) is 42.3. The quantitative estimate of drug-likeness (QED) is 0.530. The lowest BCUT2D eigenvalue weighted by molar-refractivity contribution is -0.141. The number of carboxylic acids is 1. The zero-order chi connectivity index (χ0) is 24.4. The Bertz CT molecular complexity index is 1210. The molecule has 34 heavy (non-hydrogen) atoms. The standard InChI is InChI=1S/C25H25N3O5S/c1-14(24(30)31)28(3)23(29)22-15(2)34-21(27-22)12-26-25(32)33-13-20-18-10-6-4-8-16(18)17-9-5-7-11-19(17)20/h4-11,14,20H,12-13H2,1-3H3,(H,26,32)(H,30,31). The van der Waals surface area contributed by atoms with Crippen LogP contribution in [0.4, 0.5) is 4.79 Å². The number of nitrogens with one attached hydrogen (secondary N) is 1. The van der Waals surface area contributed by atoms with Gasteiger partial charge in [0.05, 0.1) is 6.54 Å². The normalized spacial score (nSPS) is 13.0. The highest BCUT2D eigenvalue weighted by molar-refractivity contribution is 7.11. The van der Waals surface area contributed by atoms with Crippen molar-refractivity contribution in [3.05, 3.63) is 75.2 Å². The highest BCUT2D eigenvalue weighted by Gasteiger charge is 2.29. The highest BCUT2D eigenvalue weighted by atomic mass is 32.1. The molecule has 2 N–H and O–H groups in total. The minimum atomic E-state index is -1.10. The number of aliphatic carboxylic acids is 1. The maximum Gasteiger partial charge on any atom is 0.407 e. The molecule has 1 heterocycles. The summed E-state index contributed by atoms with van der Waals surface area (Å²) in [5.74, 6) is -1.60. The topological polar surface area (TPSA) is 109 Å². The Morgan fingerprint density at radius 2 is 1.71 bits per heavy atom. The van der Waals surface area contributed by atoms with E-state index in [-0.39, 0.29) is 24.8 Å². The van der Waals surface area contributed by atoms with Crippen molar-refractivity contribution in [1.29, 1.82) is 0 Å². The van der Waals surface area contributed by atoms with Crippen molar-refractivity contribution >= 4 is 29.3 Å². The molecule has 0 bridgehead atoms. The van der Waals surface area contributed by atoms with Crippen LogP contribution in [-0.4, -0.2) is 52.7 Å². The van der Waals surface area contributed by atoms with Crippen LogP contribution in [0.3, 0.4) is 0 Å². The number of rotatable bonds is 7. The van der Waals surface area contributed by atoms with Crippen LogP contribution < -0.4 is 5.32 Å². The smallest absolute Gasteiger partial charge is 0.407 e. The molecule has 8 nitrogen and oxygen atoms in total. The van der Waals surface area contributed by atoms with Gasteiger partial charge in [-0.15, -0.1) is 11.3 Å². The Kier molecular flexibility index (Phi) is 6.65. The zero-order valence-corrected chi connectivity index (χ0v) is 19.9. The fourth-order valence-corrected chi connectivity index (χ4v) is 4.90. The first-order valence-corrected chi connectivity index (χ1v) is 11.6.